The Kier molecular flexibility index (Phi) is 2.63. The molecule has 18 heavy (non-hydrogen) atoms. The highest BCUT2D eigenvalue weighted by Crippen LogP contribution is 2.33. The molecule has 0 saturated heterocycles. The van der Waals surface area contributed by atoms with Gasteiger partial charge in [-0.25, -0.2) is 0 Å². The van der Waals surface area contributed by atoms with Gasteiger partial charge in [0.15, 0.2) is 0 Å². The van der Waals surface area contributed by atoms with E-state index in [0.717, 1.165) is 22.9 Å². The van der Waals surface area contributed by atoms with E-state index in [-0.39, 0.29) is 5.92 Å². The number of pyridine rings is 1. The van der Waals surface area contributed by atoms with E-state index < -0.39 is 5.97 Å². The fourth-order valence-electron chi connectivity index (χ4n) is 2.53. The number of H-pyrrole nitrogens is 1. The molecule has 1 unspecified atom stereocenters. The van der Waals surface area contributed by atoms with Crippen molar-refractivity contribution in [2.75, 3.05) is 0 Å². The first-order chi connectivity index (χ1) is 8.75. The lowest BCUT2D eigenvalue weighted by molar-refractivity contribution is -0.141. The Bertz CT molecular complexity index is 628. The molecular formula is C14H14N2O2. The lowest BCUT2D eigenvalue weighted by Crippen LogP contribution is -2.15. The molecule has 4 nitrogen and oxygen atoms in total. The maximum Gasteiger partial charge on any atom is 0.306 e. The first kappa shape index (κ1) is 11.0. The Morgan fingerprint density at radius 2 is 2.39 bits per heavy atom. The number of fused-ring (bicyclic) bond motifs is 1. The van der Waals surface area contributed by atoms with Gasteiger partial charge in [0.05, 0.1) is 5.92 Å². The summed E-state index contributed by atoms with van der Waals surface area (Å²) in [4.78, 5) is 18.3. The van der Waals surface area contributed by atoms with Gasteiger partial charge in [-0.3, -0.25) is 9.78 Å². The zero-order valence-electron chi connectivity index (χ0n) is 9.89. The lowest BCUT2D eigenvalue weighted by atomic mass is 9.87. The van der Waals surface area contributed by atoms with Crippen molar-refractivity contribution >= 4 is 22.4 Å². The monoisotopic (exact) mass is 242 g/mol. The number of hydrogen-bond donors (Lipinski definition) is 2. The fraction of sp³-hybridized carbons (Fsp3) is 0.286. The maximum atomic E-state index is 10.9. The third-order valence-corrected chi connectivity index (χ3v) is 3.59. The molecule has 0 aromatic carbocycles. The van der Waals surface area contributed by atoms with E-state index in [1.54, 1.807) is 6.20 Å². The SMILES string of the molecule is O=C(O)C1CC=C(c2c[nH]c3ccncc23)CC1. The van der Waals surface area contributed by atoms with Crippen molar-refractivity contribution < 1.29 is 9.90 Å². The summed E-state index contributed by atoms with van der Waals surface area (Å²) in [6, 6.07) is 1.95. The molecular weight excluding hydrogens is 228 g/mol. The summed E-state index contributed by atoms with van der Waals surface area (Å²) in [5.74, 6) is -0.914. The van der Waals surface area contributed by atoms with Gasteiger partial charge in [-0.15, -0.1) is 0 Å². The Labute approximate surface area is 104 Å². The number of allylic oxidation sites excluding steroid dienone is 2. The second-order valence-corrected chi connectivity index (χ2v) is 4.66. The van der Waals surface area contributed by atoms with Crippen LogP contribution in [0.3, 0.4) is 0 Å². The number of nitrogens with zero attached hydrogens (tertiary/aromatic N) is 1. The molecule has 0 bridgehead atoms. The summed E-state index contributed by atoms with van der Waals surface area (Å²) < 4.78 is 0. The summed E-state index contributed by atoms with van der Waals surface area (Å²) in [6.07, 6.45) is 9.81. The zero-order chi connectivity index (χ0) is 12.5. The highest BCUT2D eigenvalue weighted by molar-refractivity contribution is 5.92. The number of nitrogens with one attached hydrogen (secondary N) is 1. The van der Waals surface area contributed by atoms with Crippen LogP contribution in [0.25, 0.3) is 16.5 Å². The van der Waals surface area contributed by atoms with Crippen LogP contribution < -0.4 is 0 Å². The lowest BCUT2D eigenvalue weighted by Gasteiger charge is -2.18. The van der Waals surface area contributed by atoms with Gasteiger partial charge in [0.2, 0.25) is 0 Å². The molecule has 2 aromatic rings. The number of carboxylic acids is 1. The molecule has 0 spiro atoms. The van der Waals surface area contributed by atoms with Gasteiger partial charge in [0.25, 0.3) is 0 Å². The summed E-state index contributed by atoms with van der Waals surface area (Å²) >= 11 is 0. The van der Waals surface area contributed by atoms with Crippen LogP contribution in [-0.4, -0.2) is 21.0 Å². The maximum absolute atomic E-state index is 10.9. The average Bonchev–Trinajstić information content (AvgIpc) is 2.82. The van der Waals surface area contributed by atoms with Gasteiger partial charge in [-0.1, -0.05) is 6.08 Å². The number of carboxylic acid groups (broad SMARTS) is 1. The number of aromatic nitrogens is 2. The number of rotatable bonds is 2. The highest BCUT2D eigenvalue weighted by atomic mass is 16.4. The molecule has 4 heteroatoms. The van der Waals surface area contributed by atoms with E-state index in [4.69, 9.17) is 5.11 Å². The standard InChI is InChI=1S/C14H14N2O2/c17-14(18)10-3-1-9(2-4-10)11-8-16-13-5-6-15-7-12(11)13/h1,5-8,10,16H,2-4H2,(H,17,18). The Morgan fingerprint density at radius 1 is 1.50 bits per heavy atom. The molecule has 0 saturated carbocycles. The van der Waals surface area contributed by atoms with E-state index in [9.17, 15) is 4.79 Å². The Hall–Kier alpha value is -2.10. The van der Waals surface area contributed by atoms with Crippen LogP contribution in [0.1, 0.15) is 24.8 Å². The van der Waals surface area contributed by atoms with Gasteiger partial charge in [-0.05, 0) is 30.9 Å². The number of aliphatic carboxylic acids is 1. The predicted octanol–water partition coefficient (Wildman–Crippen LogP) is 2.83. The van der Waals surface area contributed by atoms with E-state index in [1.165, 1.54) is 5.57 Å². The van der Waals surface area contributed by atoms with Gasteiger partial charge in [-0.2, -0.15) is 0 Å². The third-order valence-electron chi connectivity index (χ3n) is 3.59. The minimum Gasteiger partial charge on any atom is -0.481 e. The van der Waals surface area contributed by atoms with Crippen LogP contribution in [0.2, 0.25) is 0 Å². The van der Waals surface area contributed by atoms with Crippen LogP contribution in [-0.2, 0) is 4.79 Å². The summed E-state index contributed by atoms with van der Waals surface area (Å²) in [6.45, 7) is 0. The van der Waals surface area contributed by atoms with Crippen LogP contribution in [0.4, 0.5) is 0 Å². The smallest absolute Gasteiger partial charge is 0.306 e. The summed E-state index contributed by atoms with van der Waals surface area (Å²) in [7, 11) is 0. The van der Waals surface area contributed by atoms with Gasteiger partial charge < -0.3 is 10.1 Å². The van der Waals surface area contributed by atoms with Gasteiger partial charge >= 0.3 is 5.97 Å². The topological polar surface area (TPSA) is 66.0 Å². The van der Waals surface area contributed by atoms with Crippen molar-refractivity contribution in [1.29, 1.82) is 0 Å². The molecule has 0 radical (unpaired) electrons. The number of carbonyl (C=O) groups is 1. The van der Waals surface area contributed by atoms with Crippen LogP contribution in [0, 0.1) is 5.92 Å². The van der Waals surface area contributed by atoms with Crippen molar-refractivity contribution in [2.24, 2.45) is 5.92 Å². The second kappa shape index (κ2) is 4.29. The molecule has 92 valence electrons. The number of aromatic amines is 1. The van der Waals surface area contributed by atoms with Gasteiger partial charge in [0, 0.05) is 35.1 Å². The second-order valence-electron chi connectivity index (χ2n) is 4.66. The summed E-state index contributed by atoms with van der Waals surface area (Å²) in [5.41, 5.74) is 3.45. The molecule has 2 heterocycles. The molecule has 0 amide bonds. The largest absolute Gasteiger partial charge is 0.481 e. The Balaban J connectivity index is 1.94. The molecule has 1 aliphatic rings. The Morgan fingerprint density at radius 3 is 3.11 bits per heavy atom. The van der Waals surface area contributed by atoms with Crippen molar-refractivity contribution in [3.63, 3.8) is 0 Å². The highest BCUT2D eigenvalue weighted by Gasteiger charge is 2.22. The molecule has 0 aliphatic heterocycles. The molecule has 2 N–H and O–H groups in total. The number of hydrogen-bond acceptors (Lipinski definition) is 2. The fourth-order valence-corrected chi connectivity index (χ4v) is 2.53. The van der Waals surface area contributed by atoms with Crippen LogP contribution in [0.15, 0.2) is 30.7 Å². The van der Waals surface area contributed by atoms with Crippen molar-refractivity contribution in [1.82, 2.24) is 9.97 Å². The minimum absolute atomic E-state index is 0.225. The van der Waals surface area contributed by atoms with E-state index in [1.807, 2.05) is 18.5 Å². The van der Waals surface area contributed by atoms with Crippen molar-refractivity contribution in [2.45, 2.75) is 19.3 Å². The van der Waals surface area contributed by atoms with E-state index in [0.29, 0.717) is 12.8 Å². The van der Waals surface area contributed by atoms with Crippen LogP contribution >= 0.6 is 0 Å². The predicted molar refractivity (Wildman–Crippen MR) is 69.0 cm³/mol. The summed E-state index contributed by atoms with van der Waals surface area (Å²) in [5, 5.41) is 10.1. The average molecular weight is 242 g/mol. The normalized spacial score (nSPS) is 19.8. The van der Waals surface area contributed by atoms with E-state index >= 15 is 0 Å². The first-order valence-corrected chi connectivity index (χ1v) is 6.09. The third kappa shape index (κ3) is 1.79. The molecule has 0 fully saturated rings. The zero-order valence-corrected chi connectivity index (χ0v) is 9.89. The molecule has 1 atom stereocenters. The van der Waals surface area contributed by atoms with Crippen molar-refractivity contribution in [3.05, 3.63) is 36.3 Å². The quantitative estimate of drug-likeness (QED) is 0.851. The van der Waals surface area contributed by atoms with Crippen LogP contribution in [0.5, 0.6) is 0 Å². The molecule has 3 rings (SSSR count). The molecule has 2 aromatic heterocycles. The minimum atomic E-state index is -0.689. The molecule has 1 aliphatic carbocycles. The van der Waals surface area contributed by atoms with Gasteiger partial charge in [0.1, 0.15) is 0 Å². The van der Waals surface area contributed by atoms with Crippen molar-refractivity contribution in [3.8, 4) is 0 Å². The first-order valence-electron chi connectivity index (χ1n) is 6.09. The van der Waals surface area contributed by atoms with E-state index in [2.05, 4.69) is 16.0 Å².